The number of aryl methyl sites for hydroxylation is 1. The molecule has 0 N–H and O–H groups in total. The van der Waals surface area contributed by atoms with Crippen LogP contribution < -0.4 is 0 Å². The zero-order chi connectivity index (χ0) is 15.9. The minimum absolute atomic E-state index is 0.225. The second kappa shape index (κ2) is 5.55. The molecule has 0 aromatic heterocycles. The van der Waals surface area contributed by atoms with E-state index in [1.807, 2.05) is 12.1 Å². The van der Waals surface area contributed by atoms with Gasteiger partial charge in [-0.15, -0.1) is 0 Å². The van der Waals surface area contributed by atoms with Crippen LogP contribution in [-0.4, -0.2) is 40.2 Å². The van der Waals surface area contributed by atoms with Crippen LogP contribution in [0.4, 0.5) is 4.79 Å². The quantitative estimate of drug-likeness (QED) is 0.633. The van der Waals surface area contributed by atoms with E-state index in [0.717, 1.165) is 29.1 Å². The van der Waals surface area contributed by atoms with Crippen molar-refractivity contribution in [3.05, 3.63) is 35.4 Å². The lowest BCUT2D eigenvalue weighted by Gasteiger charge is -2.27. The molecule has 2 aliphatic rings. The summed E-state index contributed by atoms with van der Waals surface area (Å²) in [7, 11) is 0. The first-order valence-electron chi connectivity index (χ1n) is 7.75. The first-order chi connectivity index (χ1) is 10.5. The van der Waals surface area contributed by atoms with Crippen LogP contribution >= 0.6 is 0 Å². The second-order valence-corrected chi connectivity index (χ2v) is 6.34. The number of hydrogen-bond acceptors (Lipinski definition) is 3. The number of amides is 4. The highest BCUT2D eigenvalue weighted by Gasteiger charge is 2.46. The van der Waals surface area contributed by atoms with Crippen LogP contribution in [0.15, 0.2) is 24.3 Å². The summed E-state index contributed by atoms with van der Waals surface area (Å²) in [6.07, 6.45) is 2.74. The smallest absolute Gasteiger partial charge is 0.263 e. The minimum Gasteiger partial charge on any atom is -0.263 e. The largest absolute Gasteiger partial charge is 0.334 e. The zero-order valence-electron chi connectivity index (χ0n) is 12.9. The molecule has 0 saturated carbocycles. The molecule has 1 aromatic rings. The van der Waals surface area contributed by atoms with Gasteiger partial charge in [0, 0.05) is 12.6 Å². The summed E-state index contributed by atoms with van der Waals surface area (Å²) < 4.78 is 0. The SMILES string of the molecule is CC(C)N1C(=O)C(=O)N(C[C@@H]2CCc3ccccc3C2)C1=O. The molecule has 0 bridgehead atoms. The van der Waals surface area contributed by atoms with Gasteiger partial charge in [-0.3, -0.25) is 19.4 Å². The van der Waals surface area contributed by atoms with Gasteiger partial charge in [-0.05, 0) is 50.2 Å². The Morgan fingerprint density at radius 1 is 1.09 bits per heavy atom. The maximum absolute atomic E-state index is 12.3. The number of benzene rings is 1. The third kappa shape index (κ3) is 2.40. The summed E-state index contributed by atoms with van der Waals surface area (Å²) in [6.45, 7) is 3.81. The summed E-state index contributed by atoms with van der Waals surface area (Å²) in [5, 5.41) is 0. The Balaban J connectivity index is 1.73. The molecule has 1 heterocycles. The normalized spacial score (nSPS) is 21.8. The lowest BCUT2D eigenvalue weighted by Crippen LogP contribution is -2.40. The molecule has 5 nitrogen and oxygen atoms in total. The summed E-state index contributed by atoms with van der Waals surface area (Å²) >= 11 is 0. The van der Waals surface area contributed by atoms with Crippen molar-refractivity contribution in [3.63, 3.8) is 0 Å². The highest BCUT2D eigenvalue weighted by molar-refractivity contribution is 6.44. The Hall–Kier alpha value is -2.17. The van der Waals surface area contributed by atoms with Gasteiger partial charge in [-0.25, -0.2) is 4.79 Å². The summed E-state index contributed by atoms with van der Waals surface area (Å²) in [5.41, 5.74) is 2.63. The number of urea groups is 1. The molecule has 1 fully saturated rings. The molecule has 1 aromatic carbocycles. The topological polar surface area (TPSA) is 57.7 Å². The van der Waals surface area contributed by atoms with Crippen molar-refractivity contribution in [2.45, 2.75) is 39.2 Å². The average molecular weight is 300 g/mol. The number of carbonyl (C=O) groups excluding carboxylic acids is 3. The van der Waals surface area contributed by atoms with Crippen molar-refractivity contribution >= 4 is 17.8 Å². The van der Waals surface area contributed by atoms with Crippen molar-refractivity contribution in [1.82, 2.24) is 9.80 Å². The van der Waals surface area contributed by atoms with Crippen LogP contribution in [0, 0.1) is 5.92 Å². The standard InChI is InChI=1S/C17H20N2O3/c1-11(2)19-16(21)15(20)18(17(19)22)10-12-7-8-13-5-3-4-6-14(13)9-12/h3-6,11-12H,7-10H2,1-2H3/t12-/m1/s1. The zero-order valence-corrected chi connectivity index (χ0v) is 12.9. The van der Waals surface area contributed by atoms with E-state index in [2.05, 4.69) is 12.1 Å². The van der Waals surface area contributed by atoms with Crippen LogP contribution in [0.3, 0.4) is 0 Å². The average Bonchev–Trinajstić information content (AvgIpc) is 2.71. The van der Waals surface area contributed by atoms with Crippen LogP contribution in [0.25, 0.3) is 0 Å². The molecule has 4 amide bonds. The van der Waals surface area contributed by atoms with Crippen LogP contribution in [0.1, 0.15) is 31.4 Å². The number of imide groups is 2. The van der Waals surface area contributed by atoms with Gasteiger partial charge >= 0.3 is 17.8 Å². The summed E-state index contributed by atoms with van der Waals surface area (Å²) in [5.74, 6) is -1.16. The predicted molar refractivity (Wildman–Crippen MR) is 81.0 cm³/mol. The van der Waals surface area contributed by atoms with E-state index < -0.39 is 17.8 Å². The van der Waals surface area contributed by atoms with Gasteiger partial charge in [0.2, 0.25) is 0 Å². The van der Waals surface area contributed by atoms with Crippen LogP contribution in [-0.2, 0) is 22.4 Å². The molecule has 1 saturated heterocycles. The molecule has 22 heavy (non-hydrogen) atoms. The first kappa shape index (κ1) is 14.8. The van der Waals surface area contributed by atoms with Gasteiger partial charge in [-0.1, -0.05) is 24.3 Å². The summed E-state index contributed by atoms with van der Waals surface area (Å²) in [6, 6.07) is 7.51. The number of carbonyl (C=O) groups is 3. The Morgan fingerprint density at radius 3 is 2.41 bits per heavy atom. The number of fused-ring (bicyclic) bond motifs is 1. The highest BCUT2D eigenvalue weighted by atomic mass is 16.2. The van der Waals surface area contributed by atoms with E-state index in [9.17, 15) is 14.4 Å². The molecule has 3 rings (SSSR count). The van der Waals surface area contributed by atoms with Gasteiger partial charge in [0.1, 0.15) is 0 Å². The van der Waals surface area contributed by atoms with Gasteiger partial charge in [0.05, 0.1) is 0 Å². The third-order valence-electron chi connectivity index (χ3n) is 4.49. The van der Waals surface area contributed by atoms with Crippen LogP contribution in [0.5, 0.6) is 0 Å². The molecular weight excluding hydrogens is 280 g/mol. The Morgan fingerprint density at radius 2 is 1.77 bits per heavy atom. The molecule has 0 unspecified atom stereocenters. The summed E-state index contributed by atoms with van der Waals surface area (Å²) in [4.78, 5) is 38.5. The molecule has 1 atom stereocenters. The van der Waals surface area contributed by atoms with Crippen molar-refractivity contribution in [2.24, 2.45) is 5.92 Å². The highest BCUT2D eigenvalue weighted by Crippen LogP contribution is 2.27. The predicted octanol–water partition coefficient (Wildman–Crippen LogP) is 1.99. The van der Waals surface area contributed by atoms with Gasteiger partial charge in [-0.2, -0.15) is 0 Å². The lowest BCUT2D eigenvalue weighted by atomic mass is 9.84. The molecule has 1 aliphatic heterocycles. The first-order valence-corrected chi connectivity index (χ1v) is 7.75. The fourth-order valence-corrected chi connectivity index (χ4v) is 3.33. The van der Waals surface area contributed by atoms with Gasteiger partial charge < -0.3 is 0 Å². The molecule has 0 radical (unpaired) electrons. The maximum Gasteiger partial charge on any atom is 0.334 e. The second-order valence-electron chi connectivity index (χ2n) is 6.34. The van der Waals surface area contributed by atoms with Crippen molar-refractivity contribution < 1.29 is 14.4 Å². The van der Waals surface area contributed by atoms with E-state index in [1.54, 1.807) is 13.8 Å². The van der Waals surface area contributed by atoms with Gasteiger partial charge in [0.15, 0.2) is 0 Å². The van der Waals surface area contributed by atoms with E-state index in [4.69, 9.17) is 0 Å². The fraction of sp³-hybridized carbons (Fsp3) is 0.471. The number of rotatable bonds is 3. The van der Waals surface area contributed by atoms with Crippen LogP contribution in [0.2, 0.25) is 0 Å². The van der Waals surface area contributed by atoms with E-state index in [1.165, 1.54) is 11.1 Å². The van der Waals surface area contributed by atoms with Gasteiger partial charge in [0.25, 0.3) is 0 Å². The van der Waals surface area contributed by atoms with E-state index >= 15 is 0 Å². The van der Waals surface area contributed by atoms with E-state index in [-0.39, 0.29) is 12.0 Å². The van der Waals surface area contributed by atoms with Crippen molar-refractivity contribution in [1.29, 1.82) is 0 Å². The Kier molecular flexibility index (Phi) is 3.72. The lowest BCUT2D eigenvalue weighted by molar-refractivity contribution is -0.144. The van der Waals surface area contributed by atoms with Crippen molar-refractivity contribution in [3.8, 4) is 0 Å². The minimum atomic E-state index is -0.698. The molecule has 0 spiro atoms. The fourth-order valence-electron chi connectivity index (χ4n) is 3.33. The molecule has 1 aliphatic carbocycles. The van der Waals surface area contributed by atoms with E-state index in [0.29, 0.717) is 6.54 Å². The molecule has 116 valence electrons. The Labute approximate surface area is 129 Å². The molecule has 5 heteroatoms. The number of nitrogens with zero attached hydrogens (tertiary/aromatic N) is 2. The third-order valence-corrected chi connectivity index (χ3v) is 4.49. The van der Waals surface area contributed by atoms with Crippen molar-refractivity contribution in [2.75, 3.05) is 6.54 Å². The Bertz CT molecular complexity index is 639. The monoisotopic (exact) mass is 300 g/mol. The maximum atomic E-state index is 12.3. The molecular formula is C17H20N2O3. The number of hydrogen-bond donors (Lipinski definition) is 0.